The van der Waals surface area contributed by atoms with Crippen molar-refractivity contribution < 1.29 is 14.9 Å². The molecule has 6 heteroatoms. The maximum Gasteiger partial charge on any atom is 0.161 e. The molecule has 1 aliphatic heterocycles. The average Bonchev–Trinajstić information content (AvgIpc) is 2.92. The van der Waals surface area contributed by atoms with Crippen molar-refractivity contribution in [2.24, 2.45) is 0 Å². The molecule has 0 aromatic carbocycles. The molecule has 2 aromatic heterocycles. The van der Waals surface area contributed by atoms with Gasteiger partial charge in [0.15, 0.2) is 5.65 Å². The first-order chi connectivity index (χ1) is 8.29. The van der Waals surface area contributed by atoms with Crippen LogP contribution < -0.4 is 0 Å². The summed E-state index contributed by atoms with van der Waals surface area (Å²) in [5.41, 5.74) is 1.52. The van der Waals surface area contributed by atoms with Crippen molar-refractivity contribution in [2.45, 2.75) is 24.9 Å². The lowest BCUT2D eigenvalue weighted by atomic mass is 10.2. The standard InChI is InChI=1S/C11H13N3O3/c15-5-9-8(16)4-10(17-9)14-6-13-7-2-1-3-12-11(7)14/h1-3,6,8-10,15-16H,4-5H2/t8-,9?,10+/m0/s1. The highest BCUT2D eigenvalue weighted by atomic mass is 16.5. The van der Waals surface area contributed by atoms with E-state index in [9.17, 15) is 5.11 Å². The van der Waals surface area contributed by atoms with E-state index in [1.54, 1.807) is 17.1 Å². The Morgan fingerprint density at radius 3 is 3.12 bits per heavy atom. The van der Waals surface area contributed by atoms with Crippen LogP contribution in [0.2, 0.25) is 0 Å². The number of hydrogen-bond acceptors (Lipinski definition) is 5. The Morgan fingerprint density at radius 1 is 1.47 bits per heavy atom. The molecule has 3 heterocycles. The van der Waals surface area contributed by atoms with Crippen LogP contribution in [-0.4, -0.2) is 43.6 Å². The number of nitrogens with zero attached hydrogens (tertiary/aromatic N) is 3. The van der Waals surface area contributed by atoms with Crippen LogP contribution in [0.3, 0.4) is 0 Å². The number of imidazole rings is 1. The van der Waals surface area contributed by atoms with Crippen LogP contribution in [0.25, 0.3) is 11.2 Å². The van der Waals surface area contributed by atoms with Crippen molar-refractivity contribution in [2.75, 3.05) is 6.61 Å². The summed E-state index contributed by atoms with van der Waals surface area (Å²) in [6.07, 6.45) is 2.28. The van der Waals surface area contributed by atoms with Gasteiger partial charge in [-0.1, -0.05) is 0 Å². The summed E-state index contributed by atoms with van der Waals surface area (Å²) in [6.45, 7) is -0.183. The van der Waals surface area contributed by atoms with Gasteiger partial charge in [-0.3, -0.25) is 4.57 Å². The maximum absolute atomic E-state index is 9.69. The highest BCUT2D eigenvalue weighted by molar-refractivity contribution is 5.70. The Labute approximate surface area is 97.5 Å². The number of aliphatic hydroxyl groups excluding tert-OH is 2. The minimum Gasteiger partial charge on any atom is -0.394 e. The number of fused-ring (bicyclic) bond motifs is 1. The molecule has 2 aromatic rings. The van der Waals surface area contributed by atoms with Crippen LogP contribution in [-0.2, 0) is 4.74 Å². The first kappa shape index (κ1) is 10.6. The third kappa shape index (κ3) is 1.70. The highest BCUT2D eigenvalue weighted by Crippen LogP contribution is 2.30. The van der Waals surface area contributed by atoms with E-state index in [0.29, 0.717) is 6.42 Å². The lowest BCUT2D eigenvalue weighted by molar-refractivity contribution is -0.0432. The molecule has 0 aliphatic carbocycles. The Kier molecular flexibility index (Phi) is 2.54. The molecule has 3 atom stereocenters. The molecule has 0 radical (unpaired) electrons. The molecular weight excluding hydrogens is 222 g/mol. The summed E-state index contributed by atoms with van der Waals surface area (Å²) >= 11 is 0. The van der Waals surface area contributed by atoms with E-state index in [1.807, 2.05) is 12.1 Å². The molecule has 17 heavy (non-hydrogen) atoms. The third-order valence-corrected chi connectivity index (χ3v) is 3.03. The molecule has 3 rings (SSSR count). The predicted octanol–water partition coefficient (Wildman–Crippen LogP) is 0.0720. The summed E-state index contributed by atoms with van der Waals surface area (Å²) in [4.78, 5) is 8.45. The molecule has 1 fully saturated rings. The highest BCUT2D eigenvalue weighted by Gasteiger charge is 2.35. The van der Waals surface area contributed by atoms with E-state index in [0.717, 1.165) is 11.2 Å². The minimum atomic E-state index is -0.647. The number of aromatic nitrogens is 3. The monoisotopic (exact) mass is 235 g/mol. The number of rotatable bonds is 2. The molecule has 1 aliphatic rings. The van der Waals surface area contributed by atoms with Gasteiger partial charge in [-0.25, -0.2) is 9.97 Å². The lowest BCUT2D eigenvalue weighted by Gasteiger charge is -2.13. The first-order valence-corrected chi connectivity index (χ1v) is 5.51. The van der Waals surface area contributed by atoms with Crippen LogP contribution in [0.4, 0.5) is 0 Å². The van der Waals surface area contributed by atoms with Crippen LogP contribution in [0.1, 0.15) is 12.6 Å². The van der Waals surface area contributed by atoms with Crippen LogP contribution in [0.5, 0.6) is 0 Å². The van der Waals surface area contributed by atoms with E-state index in [2.05, 4.69) is 9.97 Å². The summed E-state index contributed by atoms with van der Waals surface area (Å²) in [5, 5.41) is 18.7. The van der Waals surface area contributed by atoms with Crippen molar-refractivity contribution in [3.05, 3.63) is 24.7 Å². The Bertz CT molecular complexity index is 527. The van der Waals surface area contributed by atoms with Gasteiger partial charge >= 0.3 is 0 Å². The van der Waals surface area contributed by atoms with Gasteiger partial charge in [0, 0.05) is 12.6 Å². The van der Waals surface area contributed by atoms with Crippen molar-refractivity contribution in [1.82, 2.24) is 14.5 Å². The number of ether oxygens (including phenoxy) is 1. The van der Waals surface area contributed by atoms with Gasteiger partial charge in [-0.2, -0.15) is 0 Å². The number of pyridine rings is 1. The maximum atomic E-state index is 9.69. The summed E-state index contributed by atoms with van der Waals surface area (Å²) in [7, 11) is 0. The molecule has 0 saturated carbocycles. The van der Waals surface area contributed by atoms with E-state index in [4.69, 9.17) is 9.84 Å². The van der Waals surface area contributed by atoms with E-state index < -0.39 is 12.2 Å². The molecular formula is C11H13N3O3. The largest absolute Gasteiger partial charge is 0.394 e. The van der Waals surface area contributed by atoms with Gasteiger partial charge in [0.05, 0.1) is 19.0 Å². The van der Waals surface area contributed by atoms with Crippen LogP contribution in [0, 0.1) is 0 Å². The fourth-order valence-electron chi connectivity index (χ4n) is 2.13. The van der Waals surface area contributed by atoms with Gasteiger partial charge in [0.2, 0.25) is 0 Å². The molecule has 1 saturated heterocycles. The Morgan fingerprint density at radius 2 is 2.35 bits per heavy atom. The second kappa shape index (κ2) is 4.06. The zero-order valence-corrected chi connectivity index (χ0v) is 9.10. The van der Waals surface area contributed by atoms with Crippen molar-refractivity contribution in [1.29, 1.82) is 0 Å². The number of aliphatic hydroxyl groups is 2. The molecule has 2 N–H and O–H groups in total. The molecule has 1 unspecified atom stereocenters. The van der Waals surface area contributed by atoms with Crippen molar-refractivity contribution >= 4 is 11.2 Å². The van der Waals surface area contributed by atoms with Gasteiger partial charge < -0.3 is 14.9 Å². The average molecular weight is 235 g/mol. The molecule has 90 valence electrons. The van der Waals surface area contributed by atoms with Gasteiger partial charge in [-0.05, 0) is 12.1 Å². The third-order valence-electron chi connectivity index (χ3n) is 3.03. The molecule has 0 bridgehead atoms. The van der Waals surface area contributed by atoms with Crippen molar-refractivity contribution in [3.8, 4) is 0 Å². The fraction of sp³-hybridized carbons (Fsp3) is 0.455. The normalized spacial score (nSPS) is 28.9. The minimum absolute atomic E-state index is 0.183. The van der Waals surface area contributed by atoms with E-state index in [1.165, 1.54) is 0 Å². The van der Waals surface area contributed by atoms with Crippen LogP contribution in [0.15, 0.2) is 24.7 Å². The smallest absolute Gasteiger partial charge is 0.161 e. The molecule has 6 nitrogen and oxygen atoms in total. The van der Waals surface area contributed by atoms with Gasteiger partial charge in [-0.15, -0.1) is 0 Å². The summed E-state index contributed by atoms with van der Waals surface area (Å²) in [5.74, 6) is 0. The zero-order valence-electron chi connectivity index (χ0n) is 9.10. The molecule has 0 spiro atoms. The molecule has 0 amide bonds. The first-order valence-electron chi connectivity index (χ1n) is 5.51. The van der Waals surface area contributed by atoms with Crippen molar-refractivity contribution in [3.63, 3.8) is 0 Å². The summed E-state index contributed by atoms with van der Waals surface area (Å²) in [6, 6.07) is 3.69. The zero-order chi connectivity index (χ0) is 11.8. The quantitative estimate of drug-likeness (QED) is 0.770. The second-order valence-corrected chi connectivity index (χ2v) is 4.11. The second-order valence-electron chi connectivity index (χ2n) is 4.11. The fourth-order valence-corrected chi connectivity index (χ4v) is 2.13. The van der Waals surface area contributed by atoms with Crippen LogP contribution >= 0.6 is 0 Å². The predicted molar refractivity (Wildman–Crippen MR) is 59.1 cm³/mol. The van der Waals surface area contributed by atoms with Gasteiger partial charge in [0.25, 0.3) is 0 Å². The SMILES string of the molecule is OCC1O[C@@H](n2cnc3cccnc32)C[C@@H]1O. The van der Waals surface area contributed by atoms with E-state index >= 15 is 0 Å². The lowest BCUT2D eigenvalue weighted by Crippen LogP contribution is -2.24. The Balaban J connectivity index is 1.95. The summed E-state index contributed by atoms with van der Waals surface area (Å²) < 4.78 is 7.34. The van der Waals surface area contributed by atoms with Gasteiger partial charge in [0.1, 0.15) is 17.8 Å². The number of hydrogen-bond donors (Lipinski definition) is 2. The van der Waals surface area contributed by atoms with E-state index in [-0.39, 0.29) is 12.8 Å². The topological polar surface area (TPSA) is 80.4 Å². The Hall–Kier alpha value is -1.50.